The lowest BCUT2D eigenvalue weighted by atomic mass is 9.99. The normalized spacial score (nSPS) is 12.4. The summed E-state index contributed by atoms with van der Waals surface area (Å²) in [7, 11) is 0. The maximum atomic E-state index is 12.4. The fourth-order valence-corrected chi connectivity index (χ4v) is 4.22. The SMILES string of the molecule is CCCCCC=CCC=CCCCCCCCC(=O)NNC(Cc1ccc(C)cc1)c1ccccc1. The smallest absolute Gasteiger partial charge is 0.234 e. The summed E-state index contributed by atoms with van der Waals surface area (Å²) >= 11 is 0. The van der Waals surface area contributed by atoms with Crippen molar-refractivity contribution < 1.29 is 4.79 Å². The highest BCUT2D eigenvalue weighted by Crippen LogP contribution is 2.18. The molecule has 0 aliphatic carbocycles. The van der Waals surface area contributed by atoms with Crippen molar-refractivity contribution in [1.29, 1.82) is 0 Å². The molecule has 0 aliphatic heterocycles. The predicted octanol–water partition coefficient (Wildman–Crippen LogP) is 8.71. The second kappa shape index (κ2) is 19.5. The number of carbonyl (C=O) groups excluding carboxylic acids is 1. The third-order valence-corrected chi connectivity index (χ3v) is 6.50. The first-order valence-electron chi connectivity index (χ1n) is 14.1. The van der Waals surface area contributed by atoms with Gasteiger partial charge in [-0.05, 0) is 63.0 Å². The standard InChI is InChI=1S/C33H48N2O/c1-3-4-5-6-7-8-9-10-11-12-13-14-15-16-20-23-33(36)35-34-32(31-21-18-17-19-22-31)28-30-26-24-29(2)25-27-30/h7-8,10-11,17-19,21-22,24-27,32,34H,3-6,9,12-16,20,23,28H2,1-2H3,(H,35,36). The van der Waals surface area contributed by atoms with E-state index in [1.165, 1.54) is 61.6 Å². The number of hydrogen-bond donors (Lipinski definition) is 2. The van der Waals surface area contributed by atoms with Crippen molar-refractivity contribution in [1.82, 2.24) is 10.9 Å². The third kappa shape index (κ3) is 14.0. The lowest BCUT2D eigenvalue weighted by Crippen LogP contribution is -2.40. The summed E-state index contributed by atoms with van der Waals surface area (Å²) in [5, 5.41) is 0. The topological polar surface area (TPSA) is 41.1 Å². The molecule has 1 atom stereocenters. The molecule has 0 spiro atoms. The van der Waals surface area contributed by atoms with E-state index in [0.717, 1.165) is 32.1 Å². The van der Waals surface area contributed by atoms with Gasteiger partial charge in [0.05, 0.1) is 6.04 Å². The quantitative estimate of drug-likeness (QED) is 0.118. The van der Waals surface area contributed by atoms with Crippen LogP contribution in [-0.4, -0.2) is 5.91 Å². The Kier molecular flexibility index (Phi) is 16.0. The van der Waals surface area contributed by atoms with Crippen LogP contribution >= 0.6 is 0 Å². The number of hydrogen-bond acceptors (Lipinski definition) is 2. The van der Waals surface area contributed by atoms with Crippen LogP contribution in [-0.2, 0) is 11.2 Å². The van der Waals surface area contributed by atoms with Gasteiger partial charge in [0.1, 0.15) is 0 Å². The van der Waals surface area contributed by atoms with Gasteiger partial charge in [-0.15, -0.1) is 0 Å². The molecule has 0 aromatic heterocycles. The molecule has 2 N–H and O–H groups in total. The van der Waals surface area contributed by atoms with Crippen molar-refractivity contribution in [3.8, 4) is 0 Å². The monoisotopic (exact) mass is 488 g/mol. The molecule has 0 heterocycles. The van der Waals surface area contributed by atoms with Gasteiger partial charge in [0.2, 0.25) is 5.91 Å². The van der Waals surface area contributed by atoms with Gasteiger partial charge in [-0.25, -0.2) is 5.43 Å². The second-order valence-electron chi connectivity index (χ2n) is 9.83. The molecule has 2 aromatic rings. The first-order chi connectivity index (χ1) is 17.7. The number of benzene rings is 2. The van der Waals surface area contributed by atoms with Crippen molar-refractivity contribution in [2.24, 2.45) is 0 Å². The van der Waals surface area contributed by atoms with Gasteiger partial charge >= 0.3 is 0 Å². The average molecular weight is 489 g/mol. The Morgan fingerprint density at radius 1 is 0.778 bits per heavy atom. The number of amides is 1. The van der Waals surface area contributed by atoms with Crippen LogP contribution in [0.5, 0.6) is 0 Å². The van der Waals surface area contributed by atoms with Crippen LogP contribution in [0.4, 0.5) is 0 Å². The van der Waals surface area contributed by atoms with E-state index in [0.29, 0.717) is 6.42 Å². The minimum atomic E-state index is 0.0439. The molecule has 2 rings (SSSR count). The van der Waals surface area contributed by atoms with Crippen LogP contribution in [0.1, 0.15) is 107 Å². The molecule has 1 amide bonds. The van der Waals surface area contributed by atoms with E-state index in [1.807, 2.05) is 18.2 Å². The lowest BCUT2D eigenvalue weighted by molar-refractivity contribution is -0.122. The van der Waals surface area contributed by atoms with Gasteiger partial charge in [-0.3, -0.25) is 10.2 Å². The molecule has 2 aromatic carbocycles. The summed E-state index contributed by atoms with van der Waals surface area (Å²) in [4.78, 5) is 12.4. The second-order valence-corrected chi connectivity index (χ2v) is 9.83. The van der Waals surface area contributed by atoms with E-state index < -0.39 is 0 Å². The number of hydrazine groups is 1. The van der Waals surface area contributed by atoms with E-state index >= 15 is 0 Å². The van der Waals surface area contributed by atoms with Crippen LogP contribution in [0.15, 0.2) is 78.9 Å². The summed E-state index contributed by atoms with van der Waals surface area (Å²) in [5.74, 6) is 0.0746. The summed E-state index contributed by atoms with van der Waals surface area (Å²) in [6.45, 7) is 4.35. The molecule has 3 nitrogen and oxygen atoms in total. The number of unbranched alkanes of at least 4 members (excludes halogenated alkanes) is 8. The largest absolute Gasteiger partial charge is 0.291 e. The molecule has 0 bridgehead atoms. The first kappa shape index (κ1) is 29.6. The highest BCUT2D eigenvalue weighted by Gasteiger charge is 2.13. The lowest BCUT2D eigenvalue weighted by Gasteiger charge is -2.20. The zero-order valence-electron chi connectivity index (χ0n) is 22.7. The van der Waals surface area contributed by atoms with Crippen molar-refractivity contribution in [3.63, 3.8) is 0 Å². The highest BCUT2D eigenvalue weighted by atomic mass is 16.2. The summed E-state index contributed by atoms with van der Waals surface area (Å²) < 4.78 is 0. The van der Waals surface area contributed by atoms with E-state index in [9.17, 15) is 4.79 Å². The number of rotatable bonds is 19. The van der Waals surface area contributed by atoms with Crippen LogP contribution in [0, 0.1) is 6.92 Å². The van der Waals surface area contributed by atoms with Crippen LogP contribution in [0.25, 0.3) is 0 Å². The van der Waals surface area contributed by atoms with Crippen LogP contribution in [0.2, 0.25) is 0 Å². The van der Waals surface area contributed by atoms with Gasteiger partial charge in [0, 0.05) is 6.42 Å². The molecule has 36 heavy (non-hydrogen) atoms. The maximum absolute atomic E-state index is 12.4. The summed E-state index contributed by atoms with van der Waals surface area (Å²) in [6, 6.07) is 19.0. The molecule has 0 radical (unpaired) electrons. The van der Waals surface area contributed by atoms with E-state index in [-0.39, 0.29) is 11.9 Å². The van der Waals surface area contributed by atoms with Crippen molar-refractivity contribution in [3.05, 3.63) is 95.6 Å². The fraction of sp³-hybridized carbons (Fsp3) is 0.485. The molecule has 1 unspecified atom stereocenters. The Morgan fingerprint density at radius 2 is 1.42 bits per heavy atom. The molecule has 3 heteroatoms. The average Bonchev–Trinajstić information content (AvgIpc) is 2.90. The number of carbonyl (C=O) groups is 1. The van der Waals surface area contributed by atoms with Gasteiger partial charge < -0.3 is 0 Å². The maximum Gasteiger partial charge on any atom is 0.234 e. The first-order valence-corrected chi connectivity index (χ1v) is 14.1. The van der Waals surface area contributed by atoms with Crippen molar-refractivity contribution in [2.75, 3.05) is 0 Å². The summed E-state index contributed by atoms with van der Waals surface area (Å²) in [5.41, 5.74) is 9.94. The zero-order chi connectivity index (χ0) is 25.7. The van der Waals surface area contributed by atoms with Crippen molar-refractivity contribution in [2.45, 2.75) is 103 Å². The Balaban J connectivity index is 1.56. The number of allylic oxidation sites excluding steroid dienone is 4. The molecule has 0 saturated heterocycles. The number of aryl methyl sites for hydroxylation is 1. The third-order valence-electron chi connectivity index (χ3n) is 6.50. The van der Waals surface area contributed by atoms with Gasteiger partial charge in [-0.1, -0.05) is 123 Å². The van der Waals surface area contributed by atoms with Gasteiger partial charge in [0.15, 0.2) is 0 Å². The van der Waals surface area contributed by atoms with Crippen LogP contribution in [0.3, 0.4) is 0 Å². The van der Waals surface area contributed by atoms with Gasteiger partial charge in [0.25, 0.3) is 0 Å². The Morgan fingerprint density at radius 3 is 2.11 bits per heavy atom. The minimum Gasteiger partial charge on any atom is -0.291 e. The highest BCUT2D eigenvalue weighted by molar-refractivity contribution is 5.75. The molecule has 0 saturated carbocycles. The fourth-order valence-electron chi connectivity index (χ4n) is 4.22. The Labute approximate surface area is 220 Å². The van der Waals surface area contributed by atoms with E-state index in [2.05, 4.69) is 85.4 Å². The summed E-state index contributed by atoms with van der Waals surface area (Å²) in [6.07, 6.45) is 23.7. The molecular formula is C33H48N2O. The minimum absolute atomic E-state index is 0.0439. The predicted molar refractivity (Wildman–Crippen MR) is 155 cm³/mol. The Hall–Kier alpha value is -2.65. The number of nitrogens with one attached hydrogen (secondary N) is 2. The molecule has 0 fully saturated rings. The van der Waals surface area contributed by atoms with E-state index in [4.69, 9.17) is 0 Å². The van der Waals surface area contributed by atoms with Crippen molar-refractivity contribution >= 4 is 5.91 Å². The molecule has 0 aliphatic rings. The molecular weight excluding hydrogens is 440 g/mol. The van der Waals surface area contributed by atoms with Gasteiger partial charge in [-0.2, -0.15) is 0 Å². The zero-order valence-corrected chi connectivity index (χ0v) is 22.7. The van der Waals surface area contributed by atoms with Crippen LogP contribution < -0.4 is 10.9 Å². The molecule has 196 valence electrons. The Bertz CT molecular complexity index is 870. The van der Waals surface area contributed by atoms with E-state index in [1.54, 1.807) is 0 Å².